The highest BCUT2D eigenvalue weighted by Gasteiger charge is 2.26. The fourth-order valence-electron chi connectivity index (χ4n) is 2.89. The molecular formula is C15H21Cl2N3. The van der Waals surface area contributed by atoms with Crippen LogP contribution in [0.25, 0.3) is 0 Å². The van der Waals surface area contributed by atoms with Crippen molar-refractivity contribution in [3.8, 4) is 0 Å². The van der Waals surface area contributed by atoms with Gasteiger partial charge in [0.15, 0.2) is 0 Å². The molecular weight excluding hydrogens is 293 g/mol. The highest BCUT2D eigenvalue weighted by atomic mass is 35.5. The van der Waals surface area contributed by atoms with Crippen LogP contribution >= 0.6 is 23.2 Å². The van der Waals surface area contributed by atoms with Crippen LogP contribution < -0.4 is 5.32 Å². The second kappa shape index (κ2) is 6.61. The van der Waals surface area contributed by atoms with Crippen molar-refractivity contribution in [1.82, 2.24) is 15.2 Å². The summed E-state index contributed by atoms with van der Waals surface area (Å²) in [7, 11) is 0. The van der Waals surface area contributed by atoms with E-state index in [2.05, 4.69) is 15.2 Å². The SMILES string of the molecule is Clc1cc(Cl)c(CN(CC2CC2)CC2CCCN2)cn1. The van der Waals surface area contributed by atoms with Crippen LogP contribution in [0, 0.1) is 5.92 Å². The predicted molar refractivity (Wildman–Crippen MR) is 83.3 cm³/mol. The van der Waals surface area contributed by atoms with E-state index in [9.17, 15) is 0 Å². The maximum Gasteiger partial charge on any atom is 0.130 e. The van der Waals surface area contributed by atoms with Gasteiger partial charge in [-0.1, -0.05) is 23.2 Å². The first-order valence-electron chi connectivity index (χ1n) is 7.46. The maximum atomic E-state index is 6.28. The first kappa shape index (κ1) is 14.6. The Kier molecular flexibility index (Phi) is 4.82. The number of halogens is 2. The van der Waals surface area contributed by atoms with Crippen molar-refractivity contribution in [3.63, 3.8) is 0 Å². The molecule has 2 heterocycles. The number of hydrogen-bond donors (Lipinski definition) is 1. The van der Waals surface area contributed by atoms with E-state index in [0.717, 1.165) is 36.1 Å². The van der Waals surface area contributed by atoms with Gasteiger partial charge in [-0.15, -0.1) is 0 Å². The molecule has 5 heteroatoms. The van der Waals surface area contributed by atoms with Crippen LogP contribution in [-0.2, 0) is 6.54 Å². The minimum Gasteiger partial charge on any atom is -0.313 e. The zero-order valence-electron chi connectivity index (χ0n) is 11.6. The molecule has 0 radical (unpaired) electrons. The highest BCUT2D eigenvalue weighted by molar-refractivity contribution is 6.34. The van der Waals surface area contributed by atoms with Gasteiger partial charge in [0.1, 0.15) is 5.15 Å². The third kappa shape index (κ3) is 4.08. The lowest BCUT2D eigenvalue weighted by Gasteiger charge is -2.26. The number of aromatic nitrogens is 1. The normalized spacial score (nSPS) is 22.6. The molecule has 3 rings (SSSR count). The Balaban J connectivity index is 1.64. The summed E-state index contributed by atoms with van der Waals surface area (Å²) >= 11 is 12.1. The minimum atomic E-state index is 0.463. The van der Waals surface area contributed by atoms with Crippen molar-refractivity contribution < 1.29 is 0 Å². The molecule has 1 saturated heterocycles. The van der Waals surface area contributed by atoms with Gasteiger partial charge in [-0.2, -0.15) is 0 Å². The lowest BCUT2D eigenvalue weighted by atomic mass is 10.2. The number of rotatable bonds is 6. The van der Waals surface area contributed by atoms with Gasteiger partial charge in [-0.05, 0) is 44.2 Å². The van der Waals surface area contributed by atoms with Crippen LogP contribution in [0.4, 0.5) is 0 Å². The number of nitrogens with one attached hydrogen (secondary N) is 1. The van der Waals surface area contributed by atoms with Gasteiger partial charge in [-0.3, -0.25) is 4.90 Å². The highest BCUT2D eigenvalue weighted by Crippen LogP contribution is 2.31. The Hall–Kier alpha value is -0.350. The molecule has 2 fully saturated rings. The van der Waals surface area contributed by atoms with E-state index in [1.165, 1.54) is 32.2 Å². The molecule has 1 saturated carbocycles. The Morgan fingerprint density at radius 3 is 2.75 bits per heavy atom. The molecule has 0 bridgehead atoms. The van der Waals surface area contributed by atoms with Crippen LogP contribution in [0.3, 0.4) is 0 Å². The molecule has 1 unspecified atom stereocenters. The third-order valence-corrected chi connectivity index (χ3v) is 4.70. The monoisotopic (exact) mass is 313 g/mol. The van der Waals surface area contributed by atoms with Crippen LogP contribution in [0.1, 0.15) is 31.2 Å². The largest absolute Gasteiger partial charge is 0.313 e. The van der Waals surface area contributed by atoms with E-state index < -0.39 is 0 Å². The van der Waals surface area contributed by atoms with Crippen molar-refractivity contribution in [3.05, 3.63) is 28.0 Å². The van der Waals surface area contributed by atoms with Gasteiger partial charge in [0, 0.05) is 42.5 Å². The van der Waals surface area contributed by atoms with E-state index >= 15 is 0 Å². The fourth-order valence-corrected chi connectivity index (χ4v) is 3.31. The summed E-state index contributed by atoms with van der Waals surface area (Å²) in [5, 5.41) is 4.77. The standard InChI is InChI=1S/C15H21Cl2N3/c16-14-6-15(17)19-7-12(14)9-20(8-11-3-4-11)10-13-2-1-5-18-13/h6-7,11,13,18H,1-5,8-10H2. The van der Waals surface area contributed by atoms with Gasteiger partial charge in [0.25, 0.3) is 0 Å². The van der Waals surface area contributed by atoms with Gasteiger partial charge in [0.2, 0.25) is 0 Å². The molecule has 20 heavy (non-hydrogen) atoms. The van der Waals surface area contributed by atoms with Gasteiger partial charge >= 0.3 is 0 Å². The molecule has 3 nitrogen and oxygen atoms in total. The maximum absolute atomic E-state index is 6.28. The molecule has 1 aromatic rings. The van der Waals surface area contributed by atoms with E-state index in [0.29, 0.717) is 11.2 Å². The lowest BCUT2D eigenvalue weighted by molar-refractivity contribution is 0.231. The van der Waals surface area contributed by atoms with E-state index in [-0.39, 0.29) is 0 Å². The van der Waals surface area contributed by atoms with Gasteiger partial charge in [-0.25, -0.2) is 4.98 Å². The van der Waals surface area contributed by atoms with Crippen molar-refractivity contribution in [1.29, 1.82) is 0 Å². The molecule has 1 atom stereocenters. The third-order valence-electron chi connectivity index (χ3n) is 4.14. The predicted octanol–water partition coefficient (Wildman–Crippen LogP) is 3.35. The average molecular weight is 314 g/mol. The Morgan fingerprint density at radius 2 is 2.10 bits per heavy atom. The number of hydrogen-bond acceptors (Lipinski definition) is 3. The smallest absolute Gasteiger partial charge is 0.130 e. The Bertz CT molecular complexity index is 456. The lowest BCUT2D eigenvalue weighted by Crippen LogP contribution is -2.38. The van der Waals surface area contributed by atoms with Gasteiger partial charge < -0.3 is 5.32 Å². The molecule has 1 aliphatic heterocycles. The fraction of sp³-hybridized carbons (Fsp3) is 0.667. The number of pyridine rings is 1. The van der Waals surface area contributed by atoms with Crippen LogP contribution in [-0.4, -0.2) is 35.6 Å². The first-order chi connectivity index (χ1) is 9.70. The average Bonchev–Trinajstić information content (AvgIpc) is 3.07. The van der Waals surface area contributed by atoms with E-state index in [1.807, 2.05) is 6.20 Å². The summed E-state index contributed by atoms with van der Waals surface area (Å²) in [6, 6.07) is 2.37. The molecule has 1 aromatic heterocycles. The van der Waals surface area contributed by atoms with E-state index in [1.54, 1.807) is 6.07 Å². The Morgan fingerprint density at radius 1 is 1.25 bits per heavy atom. The zero-order chi connectivity index (χ0) is 13.9. The second-order valence-corrected chi connectivity index (χ2v) is 6.82. The molecule has 1 N–H and O–H groups in total. The van der Waals surface area contributed by atoms with Crippen LogP contribution in [0.15, 0.2) is 12.3 Å². The van der Waals surface area contributed by atoms with Crippen LogP contribution in [0.5, 0.6) is 0 Å². The molecule has 0 spiro atoms. The summed E-state index contributed by atoms with van der Waals surface area (Å²) in [5.41, 5.74) is 1.08. The molecule has 0 aromatic carbocycles. The topological polar surface area (TPSA) is 28.2 Å². The summed E-state index contributed by atoms with van der Waals surface area (Å²) in [4.78, 5) is 6.68. The molecule has 2 aliphatic rings. The second-order valence-electron chi connectivity index (χ2n) is 6.03. The molecule has 0 amide bonds. The first-order valence-corrected chi connectivity index (χ1v) is 8.22. The van der Waals surface area contributed by atoms with Crippen LogP contribution in [0.2, 0.25) is 10.2 Å². The van der Waals surface area contributed by atoms with Crippen molar-refractivity contribution >= 4 is 23.2 Å². The summed E-state index contributed by atoms with van der Waals surface area (Å²) in [6.07, 6.45) is 7.15. The van der Waals surface area contributed by atoms with Gasteiger partial charge in [0.05, 0.1) is 0 Å². The minimum absolute atomic E-state index is 0.463. The molecule has 110 valence electrons. The van der Waals surface area contributed by atoms with Crippen molar-refractivity contribution in [2.45, 2.75) is 38.3 Å². The van der Waals surface area contributed by atoms with E-state index in [4.69, 9.17) is 23.2 Å². The Labute approximate surface area is 130 Å². The van der Waals surface area contributed by atoms with Crippen molar-refractivity contribution in [2.75, 3.05) is 19.6 Å². The molecule has 1 aliphatic carbocycles. The zero-order valence-corrected chi connectivity index (χ0v) is 13.1. The summed E-state index contributed by atoms with van der Waals surface area (Å²) in [5.74, 6) is 0.885. The van der Waals surface area contributed by atoms with Crippen molar-refractivity contribution in [2.24, 2.45) is 5.92 Å². The summed E-state index contributed by atoms with van der Waals surface area (Å²) in [6.45, 7) is 4.31. The quantitative estimate of drug-likeness (QED) is 0.816. The summed E-state index contributed by atoms with van der Waals surface area (Å²) < 4.78 is 0. The number of nitrogens with zero attached hydrogens (tertiary/aromatic N) is 2.